The highest BCUT2D eigenvalue weighted by molar-refractivity contribution is 5.87. The second-order valence-electron chi connectivity index (χ2n) is 6.14. The summed E-state index contributed by atoms with van der Waals surface area (Å²) in [6, 6.07) is 4.69. The third-order valence-electron chi connectivity index (χ3n) is 3.58. The van der Waals surface area contributed by atoms with Crippen molar-refractivity contribution in [3.63, 3.8) is 0 Å². The van der Waals surface area contributed by atoms with Gasteiger partial charge in [-0.25, -0.2) is 4.79 Å². The summed E-state index contributed by atoms with van der Waals surface area (Å²) in [4.78, 5) is 32.3. The lowest BCUT2D eigenvalue weighted by molar-refractivity contribution is -0.131. The summed E-state index contributed by atoms with van der Waals surface area (Å²) in [7, 11) is 4.95. The third-order valence-corrected chi connectivity index (χ3v) is 3.58. The summed E-state index contributed by atoms with van der Waals surface area (Å²) >= 11 is 0. The van der Waals surface area contributed by atoms with Gasteiger partial charge in [-0.2, -0.15) is 0 Å². The van der Waals surface area contributed by atoms with E-state index in [-0.39, 0.29) is 17.9 Å². The lowest BCUT2D eigenvalue weighted by Crippen LogP contribution is -2.53. The number of aromatic nitrogens is 1. The third kappa shape index (κ3) is 6.16. The first kappa shape index (κ1) is 19.9. The maximum atomic E-state index is 12.7. The van der Waals surface area contributed by atoms with Crippen molar-refractivity contribution in [2.45, 2.75) is 26.4 Å². The fourth-order valence-corrected chi connectivity index (χ4v) is 2.16. The van der Waals surface area contributed by atoms with Crippen LogP contribution in [0.15, 0.2) is 24.4 Å². The number of carbonyl (C=O) groups is 2. The molecule has 0 saturated carbocycles. The van der Waals surface area contributed by atoms with Gasteiger partial charge < -0.3 is 19.9 Å². The smallest absolute Gasteiger partial charge is 0.318 e. The molecular weight excluding hydrogens is 308 g/mol. The van der Waals surface area contributed by atoms with Crippen LogP contribution in [0, 0.1) is 5.92 Å². The van der Waals surface area contributed by atoms with Gasteiger partial charge in [0.1, 0.15) is 6.04 Å². The molecule has 1 N–H and O–H groups in total. The van der Waals surface area contributed by atoms with E-state index in [1.54, 1.807) is 32.3 Å². The average Bonchev–Trinajstić information content (AvgIpc) is 2.56. The molecule has 0 radical (unpaired) electrons. The highest BCUT2D eigenvalue weighted by Crippen LogP contribution is 2.07. The first-order valence-electron chi connectivity index (χ1n) is 8.02. The Morgan fingerprint density at radius 2 is 2.00 bits per heavy atom. The largest absolute Gasteiger partial charge is 0.383 e. The van der Waals surface area contributed by atoms with Crippen molar-refractivity contribution in [3.8, 4) is 0 Å². The van der Waals surface area contributed by atoms with Gasteiger partial charge in [0, 0.05) is 33.9 Å². The Morgan fingerprint density at radius 1 is 1.29 bits per heavy atom. The molecule has 24 heavy (non-hydrogen) atoms. The van der Waals surface area contributed by atoms with Gasteiger partial charge in [0.25, 0.3) is 0 Å². The Kier molecular flexibility index (Phi) is 8.18. The number of pyridine rings is 1. The van der Waals surface area contributed by atoms with Gasteiger partial charge in [-0.15, -0.1) is 0 Å². The number of hydrogen-bond acceptors (Lipinski definition) is 4. The molecule has 0 fully saturated rings. The molecule has 3 amide bonds. The summed E-state index contributed by atoms with van der Waals surface area (Å²) < 4.78 is 5.08. The number of methoxy groups -OCH3 is 1. The Labute approximate surface area is 144 Å². The van der Waals surface area contributed by atoms with Crippen molar-refractivity contribution < 1.29 is 14.3 Å². The van der Waals surface area contributed by atoms with Crippen LogP contribution in [0.4, 0.5) is 4.79 Å². The number of carbonyl (C=O) groups excluding carboxylic acids is 2. The lowest BCUT2D eigenvalue weighted by atomic mass is 10.0. The van der Waals surface area contributed by atoms with E-state index in [0.717, 1.165) is 5.69 Å². The van der Waals surface area contributed by atoms with E-state index < -0.39 is 6.04 Å². The van der Waals surface area contributed by atoms with Crippen molar-refractivity contribution in [1.82, 2.24) is 20.1 Å². The topological polar surface area (TPSA) is 74.8 Å². The van der Waals surface area contributed by atoms with E-state index in [1.165, 1.54) is 4.90 Å². The highest BCUT2D eigenvalue weighted by atomic mass is 16.5. The van der Waals surface area contributed by atoms with Gasteiger partial charge in [-0.1, -0.05) is 19.9 Å². The van der Waals surface area contributed by atoms with Crippen molar-refractivity contribution in [2.75, 3.05) is 34.4 Å². The van der Waals surface area contributed by atoms with Crippen LogP contribution in [0.2, 0.25) is 0 Å². The van der Waals surface area contributed by atoms with E-state index in [1.807, 2.05) is 32.0 Å². The van der Waals surface area contributed by atoms with E-state index in [4.69, 9.17) is 4.74 Å². The molecule has 0 aliphatic rings. The minimum Gasteiger partial charge on any atom is -0.383 e. The molecule has 1 aromatic heterocycles. The number of amides is 3. The van der Waals surface area contributed by atoms with Crippen LogP contribution in [0.1, 0.15) is 19.5 Å². The number of urea groups is 1. The van der Waals surface area contributed by atoms with Crippen molar-refractivity contribution in [1.29, 1.82) is 0 Å². The predicted molar refractivity (Wildman–Crippen MR) is 92.4 cm³/mol. The number of hydrogen-bond donors (Lipinski definition) is 1. The van der Waals surface area contributed by atoms with E-state index in [0.29, 0.717) is 19.7 Å². The second-order valence-corrected chi connectivity index (χ2v) is 6.14. The molecule has 1 heterocycles. The molecule has 0 aliphatic carbocycles. The monoisotopic (exact) mass is 336 g/mol. The maximum Gasteiger partial charge on any atom is 0.318 e. The van der Waals surface area contributed by atoms with Crippen LogP contribution in [0.3, 0.4) is 0 Å². The molecule has 0 unspecified atom stereocenters. The van der Waals surface area contributed by atoms with Gasteiger partial charge in [-0.05, 0) is 18.1 Å². The zero-order chi connectivity index (χ0) is 18.1. The van der Waals surface area contributed by atoms with Crippen LogP contribution >= 0.6 is 0 Å². The summed E-state index contributed by atoms with van der Waals surface area (Å²) in [5, 5.41) is 2.84. The van der Waals surface area contributed by atoms with Gasteiger partial charge >= 0.3 is 6.03 Å². The molecule has 134 valence electrons. The normalized spacial score (nSPS) is 11.9. The zero-order valence-corrected chi connectivity index (χ0v) is 15.2. The van der Waals surface area contributed by atoms with Gasteiger partial charge in [0.15, 0.2) is 0 Å². The van der Waals surface area contributed by atoms with Crippen LogP contribution in [0.25, 0.3) is 0 Å². The molecular formula is C17H28N4O3. The molecule has 0 aromatic carbocycles. The maximum absolute atomic E-state index is 12.7. The molecule has 1 aromatic rings. The summed E-state index contributed by atoms with van der Waals surface area (Å²) in [5.41, 5.74) is 0.781. The van der Waals surface area contributed by atoms with Gasteiger partial charge in [0.2, 0.25) is 5.91 Å². The minimum atomic E-state index is -0.568. The number of nitrogens with one attached hydrogen (secondary N) is 1. The van der Waals surface area contributed by atoms with Crippen LogP contribution in [-0.4, -0.2) is 67.1 Å². The minimum absolute atomic E-state index is 0.0111. The van der Waals surface area contributed by atoms with E-state index in [9.17, 15) is 9.59 Å². The standard InChI is InChI=1S/C17H28N4O3/c1-13(2)15(16(22)20(3)4)19-17(23)21(10-11-24-5)12-14-8-6-7-9-18-14/h6-9,13,15H,10-12H2,1-5H3,(H,19,23)/t15-/m0/s1. The van der Waals surface area contributed by atoms with Crippen molar-refractivity contribution in [3.05, 3.63) is 30.1 Å². The number of ether oxygens (including phenoxy) is 1. The molecule has 0 saturated heterocycles. The number of nitrogens with zero attached hydrogens (tertiary/aromatic N) is 3. The summed E-state index contributed by atoms with van der Waals surface area (Å²) in [5.74, 6) is -0.133. The van der Waals surface area contributed by atoms with E-state index >= 15 is 0 Å². The fourth-order valence-electron chi connectivity index (χ4n) is 2.16. The Balaban J connectivity index is 2.83. The van der Waals surface area contributed by atoms with Crippen LogP contribution < -0.4 is 5.32 Å². The molecule has 7 heteroatoms. The predicted octanol–water partition coefficient (Wildman–Crippen LogP) is 1.35. The SMILES string of the molecule is COCCN(Cc1ccccn1)C(=O)N[C@H](C(=O)N(C)C)C(C)C. The summed E-state index contributed by atoms with van der Waals surface area (Å²) in [6.45, 7) is 5.00. The average molecular weight is 336 g/mol. The Bertz CT molecular complexity index is 520. The van der Waals surface area contributed by atoms with Gasteiger partial charge in [-0.3, -0.25) is 9.78 Å². The second kappa shape index (κ2) is 9.87. The highest BCUT2D eigenvalue weighted by Gasteiger charge is 2.27. The van der Waals surface area contributed by atoms with Gasteiger partial charge in [0.05, 0.1) is 18.8 Å². The molecule has 0 spiro atoms. The first-order valence-corrected chi connectivity index (χ1v) is 8.02. The zero-order valence-electron chi connectivity index (χ0n) is 15.2. The molecule has 0 bridgehead atoms. The molecule has 7 nitrogen and oxygen atoms in total. The number of likely N-dealkylation sites (N-methyl/N-ethyl adjacent to an activating group) is 1. The van der Waals surface area contributed by atoms with Crippen LogP contribution in [0.5, 0.6) is 0 Å². The summed E-state index contributed by atoms with van der Waals surface area (Å²) in [6.07, 6.45) is 1.69. The Morgan fingerprint density at radius 3 is 2.50 bits per heavy atom. The number of rotatable bonds is 8. The molecule has 1 rings (SSSR count). The Hall–Kier alpha value is -2.15. The molecule has 0 aliphatic heterocycles. The first-order chi connectivity index (χ1) is 11.4. The fraction of sp³-hybridized carbons (Fsp3) is 0.588. The van der Waals surface area contributed by atoms with Crippen molar-refractivity contribution in [2.24, 2.45) is 5.92 Å². The van der Waals surface area contributed by atoms with E-state index in [2.05, 4.69) is 10.3 Å². The lowest BCUT2D eigenvalue weighted by Gasteiger charge is -2.29. The van der Waals surface area contributed by atoms with Crippen LogP contribution in [-0.2, 0) is 16.1 Å². The van der Waals surface area contributed by atoms with Crippen molar-refractivity contribution >= 4 is 11.9 Å². The molecule has 1 atom stereocenters. The quantitative estimate of drug-likeness (QED) is 0.778.